The maximum Gasteiger partial charge on any atom is 0.219 e. The van der Waals surface area contributed by atoms with Crippen LogP contribution in [0.2, 0.25) is 0 Å². The summed E-state index contributed by atoms with van der Waals surface area (Å²) in [5.41, 5.74) is 9.01. The topological polar surface area (TPSA) is 78.9 Å². The molecule has 1 aromatic carbocycles. The van der Waals surface area contributed by atoms with Gasteiger partial charge in [-0.3, -0.25) is 4.79 Å². The van der Waals surface area contributed by atoms with Crippen LogP contribution in [0.25, 0.3) is 0 Å². The number of rotatable bonds is 3. The largest absolute Gasteiger partial charge is 0.383 e. The SMILES string of the molecule is CC(=O)N1CCC(C)=C(C(N)=Nc2cccc(S(C)(C)O)c2)C1. The number of carbonyl (C=O) groups is 1. The van der Waals surface area contributed by atoms with Crippen LogP contribution in [0.3, 0.4) is 0 Å². The van der Waals surface area contributed by atoms with E-state index in [0.29, 0.717) is 12.4 Å². The third-order valence-electron chi connectivity index (χ3n) is 4.02. The third-order valence-corrected chi connectivity index (χ3v) is 5.43. The van der Waals surface area contributed by atoms with E-state index in [1.54, 1.807) is 11.8 Å². The first-order chi connectivity index (χ1) is 10.7. The number of aliphatic imine (C=N–C) groups is 1. The molecule has 0 aliphatic carbocycles. The molecule has 0 bridgehead atoms. The van der Waals surface area contributed by atoms with Gasteiger partial charge in [-0.15, -0.1) is 10.3 Å². The molecule has 1 aromatic rings. The van der Waals surface area contributed by atoms with Crippen LogP contribution in [0.15, 0.2) is 45.3 Å². The molecule has 0 spiro atoms. The van der Waals surface area contributed by atoms with Crippen LogP contribution in [0.5, 0.6) is 0 Å². The van der Waals surface area contributed by atoms with Gasteiger partial charge in [0, 0.05) is 30.5 Å². The van der Waals surface area contributed by atoms with Crippen LogP contribution in [-0.2, 0) is 4.79 Å². The zero-order valence-electron chi connectivity index (χ0n) is 14.2. The molecule has 0 atom stereocenters. The minimum atomic E-state index is -1.79. The fourth-order valence-corrected chi connectivity index (χ4v) is 3.32. The molecule has 0 saturated carbocycles. The summed E-state index contributed by atoms with van der Waals surface area (Å²) in [4.78, 5) is 18.7. The number of nitrogens with two attached hydrogens (primary N) is 1. The standard InChI is InChI=1S/C17H25N3O2S/c1-12-8-9-20(13(2)21)11-16(12)17(18)19-14-6-5-7-15(10-14)23(3,4)22/h5-7,10,22H,8-9,11H2,1-4H3,(H2,18,19). The highest BCUT2D eigenvalue weighted by Crippen LogP contribution is 2.45. The number of benzene rings is 1. The monoisotopic (exact) mass is 335 g/mol. The molecule has 5 nitrogen and oxygen atoms in total. The average molecular weight is 335 g/mol. The van der Waals surface area contributed by atoms with E-state index in [0.717, 1.165) is 29.1 Å². The summed E-state index contributed by atoms with van der Waals surface area (Å²) in [6, 6.07) is 7.50. The van der Waals surface area contributed by atoms with Gasteiger partial charge in [-0.25, -0.2) is 4.99 Å². The maximum absolute atomic E-state index is 11.6. The highest BCUT2D eigenvalue weighted by molar-refractivity contribution is 8.28. The Bertz CT molecular complexity index is 675. The highest BCUT2D eigenvalue weighted by atomic mass is 32.3. The van der Waals surface area contributed by atoms with Gasteiger partial charge in [0.2, 0.25) is 5.91 Å². The van der Waals surface area contributed by atoms with Crippen LogP contribution in [0, 0.1) is 0 Å². The Morgan fingerprint density at radius 3 is 2.70 bits per heavy atom. The Morgan fingerprint density at radius 1 is 1.39 bits per heavy atom. The molecule has 1 aliphatic heterocycles. The summed E-state index contributed by atoms with van der Waals surface area (Å²) >= 11 is 0. The zero-order valence-corrected chi connectivity index (χ0v) is 15.0. The van der Waals surface area contributed by atoms with Gasteiger partial charge in [-0.1, -0.05) is 11.6 Å². The van der Waals surface area contributed by atoms with E-state index in [9.17, 15) is 9.35 Å². The predicted molar refractivity (Wildman–Crippen MR) is 97.6 cm³/mol. The van der Waals surface area contributed by atoms with Gasteiger partial charge in [-0.05, 0) is 44.1 Å². The molecular formula is C17H25N3O2S. The number of hydrogen-bond donors (Lipinski definition) is 2. The molecule has 23 heavy (non-hydrogen) atoms. The van der Waals surface area contributed by atoms with E-state index in [-0.39, 0.29) is 5.91 Å². The second kappa shape index (κ2) is 6.76. The molecule has 2 rings (SSSR count). The van der Waals surface area contributed by atoms with Crippen LogP contribution >= 0.6 is 10.3 Å². The van der Waals surface area contributed by atoms with Crippen LogP contribution in [0.1, 0.15) is 20.3 Å². The van der Waals surface area contributed by atoms with Gasteiger partial charge in [0.05, 0.1) is 5.69 Å². The number of nitrogens with zero attached hydrogens (tertiary/aromatic N) is 2. The lowest BCUT2D eigenvalue weighted by Gasteiger charge is -2.29. The van der Waals surface area contributed by atoms with Crippen molar-refractivity contribution in [3.8, 4) is 0 Å². The zero-order chi connectivity index (χ0) is 17.2. The molecule has 1 heterocycles. The van der Waals surface area contributed by atoms with Crippen molar-refractivity contribution in [1.82, 2.24) is 4.90 Å². The summed E-state index contributed by atoms with van der Waals surface area (Å²) in [6.45, 7) is 4.84. The molecule has 0 aromatic heterocycles. The minimum Gasteiger partial charge on any atom is -0.383 e. The first-order valence-electron chi connectivity index (χ1n) is 7.53. The van der Waals surface area contributed by atoms with Crippen LogP contribution in [-0.4, -0.2) is 46.8 Å². The van der Waals surface area contributed by atoms with Gasteiger partial charge in [0.25, 0.3) is 0 Å². The van der Waals surface area contributed by atoms with Gasteiger partial charge in [0.1, 0.15) is 5.84 Å². The van der Waals surface area contributed by atoms with Crippen molar-refractivity contribution in [1.29, 1.82) is 0 Å². The Kier molecular flexibility index (Phi) is 5.16. The second-order valence-electron chi connectivity index (χ2n) is 6.22. The smallest absolute Gasteiger partial charge is 0.219 e. The summed E-state index contributed by atoms with van der Waals surface area (Å²) in [7, 11) is -1.79. The Balaban J connectivity index is 2.30. The van der Waals surface area contributed by atoms with E-state index in [4.69, 9.17) is 5.73 Å². The molecule has 1 amide bonds. The molecule has 6 heteroatoms. The maximum atomic E-state index is 11.6. The van der Waals surface area contributed by atoms with Gasteiger partial charge < -0.3 is 15.2 Å². The quantitative estimate of drug-likeness (QED) is 0.658. The molecule has 0 saturated heterocycles. The van der Waals surface area contributed by atoms with E-state index in [1.165, 1.54) is 5.57 Å². The van der Waals surface area contributed by atoms with E-state index in [1.807, 2.05) is 43.7 Å². The summed E-state index contributed by atoms with van der Waals surface area (Å²) in [5.74, 6) is 0.492. The van der Waals surface area contributed by atoms with Crippen molar-refractivity contribution in [3.63, 3.8) is 0 Å². The van der Waals surface area contributed by atoms with Crippen molar-refractivity contribution >= 4 is 27.7 Å². The summed E-state index contributed by atoms with van der Waals surface area (Å²) < 4.78 is 10.2. The summed E-state index contributed by atoms with van der Waals surface area (Å²) in [5, 5.41) is 0. The van der Waals surface area contributed by atoms with Crippen LogP contribution in [0.4, 0.5) is 5.69 Å². The number of amides is 1. The average Bonchev–Trinajstić information content (AvgIpc) is 2.46. The first-order valence-corrected chi connectivity index (χ1v) is 9.93. The molecule has 3 N–H and O–H groups in total. The Hall–Kier alpha value is -1.79. The van der Waals surface area contributed by atoms with E-state index in [2.05, 4.69) is 4.99 Å². The highest BCUT2D eigenvalue weighted by Gasteiger charge is 2.20. The lowest BCUT2D eigenvalue weighted by Crippen LogP contribution is -2.38. The summed E-state index contributed by atoms with van der Waals surface area (Å²) in [6.07, 6.45) is 4.45. The molecule has 0 unspecified atom stereocenters. The van der Waals surface area contributed by atoms with E-state index < -0.39 is 10.3 Å². The Morgan fingerprint density at radius 2 is 2.09 bits per heavy atom. The lowest BCUT2D eigenvalue weighted by molar-refractivity contribution is -0.128. The first kappa shape index (κ1) is 17.6. The van der Waals surface area contributed by atoms with Crippen molar-refractivity contribution in [2.45, 2.75) is 25.2 Å². The molecular weight excluding hydrogens is 310 g/mol. The fraction of sp³-hybridized carbons (Fsp3) is 0.412. The Labute approximate surface area is 139 Å². The molecule has 0 fully saturated rings. The number of amidine groups is 1. The van der Waals surface area contributed by atoms with Crippen LogP contribution < -0.4 is 5.73 Å². The predicted octanol–water partition coefficient (Wildman–Crippen LogP) is 3.14. The number of hydrogen-bond acceptors (Lipinski definition) is 3. The molecule has 126 valence electrons. The van der Waals surface area contributed by atoms with Gasteiger partial charge >= 0.3 is 0 Å². The number of carbonyl (C=O) groups excluding carboxylic acids is 1. The molecule has 1 aliphatic rings. The molecule has 0 radical (unpaired) electrons. The van der Waals surface area contributed by atoms with Crippen molar-refractivity contribution in [3.05, 3.63) is 35.4 Å². The van der Waals surface area contributed by atoms with Crippen molar-refractivity contribution in [2.24, 2.45) is 10.7 Å². The van der Waals surface area contributed by atoms with Crippen molar-refractivity contribution < 1.29 is 9.35 Å². The lowest BCUT2D eigenvalue weighted by atomic mass is 10.0. The third kappa shape index (κ3) is 4.36. The fourth-order valence-electron chi connectivity index (χ4n) is 2.50. The van der Waals surface area contributed by atoms with Gasteiger partial charge in [-0.2, -0.15) is 0 Å². The van der Waals surface area contributed by atoms with E-state index >= 15 is 0 Å². The van der Waals surface area contributed by atoms with Crippen molar-refractivity contribution in [2.75, 3.05) is 25.6 Å². The van der Waals surface area contributed by atoms with Gasteiger partial charge in [0.15, 0.2) is 0 Å². The minimum absolute atomic E-state index is 0.0513. The normalized spacial score (nSPS) is 17.4. The second-order valence-corrected chi connectivity index (χ2v) is 9.23.